The van der Waals surface area contributed by atoms with Crippen molar-refractivity contribution in [1.82, 2.24) is 10.4 Å². The van der Waals surface area contributed by atoms with Crippen molar-refractivity contribution in [2.45, 2.75) is 16.7 Å². The van der Waals surface area contributed by atoms with Crippen LogP contribution in [-0.4, -0.2) is 11.7 Å². The number of fused-ring (bicyclic) bond motifs is 2. The third kappa shape index (κ3) is 1.67. The number of benzene rings is 2. The molecule has 90 valence electrons. The molecule has 1 saturated heterocycles. The molecule has 4 rings (SSSR count). The fourth-order valence-corrected chi connectivity index (χ4v) is 3.75. The number of hydrogen-bond acceptors (Lipinski definition) is 3. The van der Waals surface area contributed by atoms with E-state index in [0.29, 0.717) is 6.04 Å². The molecule has 2 aliphatic heterocycles. The molecule has 0 radical (unpaired) electrons. The summed E-state index contributed by atoms with van der Waals surface area (Å²) in [7, 11) is 0. The van der Waals surface area contributed by atoms with Gasteiger partial charge in [-0.1, -0.05) is 42.5 Å². The fraction of sp³-hybridized carbons (Fsp3) is 0.200. The van der Waals surface area contributed by atoms with E-state index < -0.39 is 0 Å². The Morgan fingerprint density at radius 2 is 1.72 bits per heavy atom. The van der Waals surface area contributed by atoms with Crippen LogP contribution in [0.5, 0.6) is 0 Å². The Labute approximate surface area is 111 Å². The Morgan fingerprint density at radius 3 is 2.56 bits per heavy atom. The lowest BCUT2D eigenvalue weighted by molar-refractivity contribution is 0.428. The van der Waals surface area contributed by atoms with E-state index in [1.54, 1.807) is 0 Å². The minimum absolute atomic E-state index is 0.368. The van der Waals surface area contributed by atoms with Crippen molar-refractivity contribution in [1.29, 1.82) is 0 Å². The maximum atomic E-state index is 3.34. The van der Waals surface area contributed by atoms with E-state index in [4.69, 9.17) is 0 Å². The highest BCUT2D eigenvalue weighted by molar-refractivity contribution is 7.98. The van der Waals surface area contributed by atoms with Crippen molar-refractivity contribution in [2.75, 3.05) is 6.67 Å². The number of nitrogens with one attached hydrogen (secondary N) is 1. The highest BCUT2D eigenvalue weighted by Crippen LogP contribution is 2.42. The van der Waals surface area contributed by atoms with Gasteiger partial charge in [0.05, 0.1) is 12.7 Å². The molecule has 0 aliphatic carbocycles. The molecule has 2 aromatic carbocycles. The lowest BCUT2D eigenvalue weighted by atomic mass is 9.95. The van der Waals surface area contributed by atoms with Gasteiger partial charge in [0.15, 0.2) is 0 Å². The van der Waals surface area contributed by atoms with E-state index in [9.17, 15) is 0 Å². The van der Waals surface area contributed by atoms with Crippen LogP contribution in [0.3, 0.4) is 0 Å². The molecular formula is C15H14N2S. The van der Waals surface area contributed by atoms with Crippen LogP contribution in [0.2, 0.25) is 0 Å². The van der Waals surface area contributed by atoms with Crippen LogP contribution in [-0.2, 0) is 5.75 Å². The van der Waals surface area contributed by atoms with Crippen molar-refractivity contribution < 1.29 is 0 Å². The number of hydrazine groups is 1. The van der Waals surface area contributed by atoms with Gasteiger partial charge in [-0.05, 0) is 22.8 Å². The van der Waals surface area contributed by atoms with Gasteiger partial charge in [0.2, 0.25) is 0 Å². The topological polar surface area (TPSA) is 25.0 Å². The molecule has 1 fully saturated rings. The zero-order valence-electron chi connectivity index (χ0n) is 9.97. The van der Waals surface area contributed by atoms with Gasteiger partial charge in [0, 0.05) is 10.6 Å². The third-order valence-corrected chi connectivity index (χ3v) is 4.74. The smallest absolute Gasteiger partial charge is 0.0772 e. The van der Waals surface area contributed by atoms with Gasteiger partial charge in [-0.2, -0.15) is 0 Å². The van der Waals surface area contributed by atoms with Gasteiger partial charge in [-0.15, -0.1) is 11.8 Å². The normalized spacial score (nSPS) is 24.9. The SMILES string of the molecule is c1ccc2c(c1)CSc1ccccc1[C@H]2N1CN1. The first-order valence-corrected chi connectivity index (χ1v) is 7.22. The largest absolute Gasteiger partial charge is 0.237 e. The van der Waals surface area contributed by atoms with Crippen LogP contribution in [0.25, 0.3) is 0 Å². The Bertz CT molecular complexity index is 545. The average Bonchev–Trinajstić information content (AvgIpc) is 3.23. The first kappa shape index (κ1) is 10.6. The van der Waals surface area contributed by atoms with Crippen molar-refractivity contribution >= 4 is 11.8 Å². The molecule has 3 heteroatoms. The minimum atomic E-state index is 0.368. The van der Waals surface area contributed by atoms with Crippen molar-refractivity contribution in [3.63, 3.8) is 0 Å². The van der Waals surface area contributed by atoms with Gasteiger partial charge in [-0.3, -0.25) is 0 Å². The molecule has 1 N–H and O–H groups in total. The minimum Gasteiger partial charge on any atom is -0.237 e. The van der Waals surface area contributed by atoms with Crippen molar-refractivity contribution in [2.24, 2.45) is 0 Å². The van der Waals surface area contributed by atoms with E-state index in [0.717, 1.165) is 12.4 Å². The lowest BCUT2D eigenvalue weighted by Crippen LogP contribution is -2.14. The van der Waals surface area contributed by atoms with E-state index in [-0.39, 0.29) is 0 Å². The summed E-state index contributed by atoms with van der Waals surface area (Å²) in [6.07, 6.45) is 0. The number of nitrogens with zero attached hydrogens (tertiary/aromatic N) is 1. The summed E-state index contributed by atoms with van der Waals surface area (Å²) in [6, 6.07) is 18.0. The molecule has 1 unspecified atom stereocenters. The van der Waals surface area contributed by atoms with Crippen LogP contribution in [0.4, 0.5) is 0 Å². The first-order valence-electron chi connectivity index (χ1n) is 6.23. The van der Waals surface area contributed by atoms with Crippen LogP contribution >= 0.6 is 11.8 Å². The Balaban J connectivity index is 1.93. The van der Waals surface area contributed by atoms with Gasteiger partial charge in [0.25, 0.3) is 0 Å². The van der Waals surface area contributed by atoms with Crippen LogP contribution in [0.15, 0.2) is 53.4 Å². The van der Waals surface area contributed by atoms with Crippen molar-refractivity contribution in [3.05, 3.63) is 65.2 Å². The molecule has 18 heavy (non-hydrogen) atoms. The van der Waals surface area contributed by atoms with E-state index >= 15 is 0 Å². The molecule has 0 saturated carbocycles. The maximum Gasteiger partial charge on any atom is 0.0772 e. The highest BCUT2D eigenvalue weighted by Gasteiger charge is 2.34. The van der Waals surface area contributed by atoms with Crippen molar-refractivity contribution in [3.8, 4) is 0 Å². The summed E-state index contributed by atoms with van der Waals surface area (Å²) in [5, 5.41) is 2.31. The third-order valence-electron chi connectivity index (χ3n) is 3.60. The molecule has 0 amide bonds. The second kappa shape index (κ2) is 4.12. The van der Waals surface area contributed by atoms with Crippen LogP contribution in [0, 0.1) is 0 Å². The van der Waals surface area contributed by atoms with E-state index in [1.165, 1.54) is 21.6 Å². The zero-order chi connectivity index (χ0) is 11.9. The molecule has 0 spiro atoms. The molecule has 2 aromatic rings. The van der Waals surface area contributed by atoms with Gasteiger partial charge < -0.3 is 0 Å². The lowest BCUT2D eigenvalue weighted by Gasteiger charge is -2.19. The zero-order valence-corrected chi connectivity index (χ0v) is 10.8. The predicted octanol–water partition coefficient (Wildman–Crippen LogP) is 3.16. The second-order valence-electron chi connectivity index (χ2n) is 4.71. The Hall–Kier alpha value is -1.29. The molecule has 2 nitrogen and oxygen atoms in total. The highest BCUT2D eigenvalue weighted by atomic mass is 32.2. The summed E-state index contributed by atoms with van der Waals surface area (Å²) in [5.41, 5.74) is 7.67. The van der Waals surface area contributed by atoms with Gasteiger partial charge >= 0.3 is 0 Å². The van der Waals surface area contributed by atoms with E-state index in [1.807, 2.05) is 11.8 Å². The summed E-state index contributed by atoms with van der Waals surface area (Å²) in [5.74, 6) is 1.07. The number of thioether (sulfide) groups is 1. The van der Waals surface area contributed by atoms with Gasteiger partial charge in [-0.25, -0.2) is 10.4 Å². The summed E-state index contributed by atoms with van der Waals surface area (Å²) in [4.78, 5) is 1.41. The first-order chi connectivity index (χ1) is 8.93. The standard InChI is InChI=1S/C15H14N2S/c1-2-6-12-11(5-1)9-18-14-8-4-3-7-13(14)15(12)17-10-16-17/h1-8,15-16H,9-10H2/t15-,17?/m0/s1. The molecule has 2 heterocycles. The molecule has 0 aromatic heterocycles. The van der Waals surface area contributed by atoms with Gasteiger partial charge in [0.1, 0.15) is 0 Å². The molecule has 2 aliphatic rings. The Kier molecular flexibility index (Phi) is 2.43. The average molecular weight is 254 g/mol. The predicted molar refractivity (Wildman–Crippen MR) is 74.1 cm³/mol. The molecule has 0 bridgehead atoms. The maximum absolute atomic E-state index is 3.34. The van der Waals surface area contributed by atoms with Crippen LogP contribution in [0.1, 0.15) is 22.7 Å². The van der Waals surface area contributed by atoms with Crippen LogP contribution < -0.4 is 5.43 Å². The Morgan fingerprint density at radius 1 is 1.00 bits per heavy atom. The summed E-state index contributed by atoms with van der Waals surface area (Å²) < 4.78 is 0. The summed E-state index contributed by atoms with van der Waals surface area (Å²) in [6.45, 7) is 0.984. The fourth-order valence-electron chi connectivity index (χ4n) is 2.65. The number of hydrogen-bond donors (Lipinski definition) is 1. The molecule has 2 atom stereocenters. The molecular weight excluding hydrogens is 240 g/mol. The monoisotopic (exact) mass is 254 g/mol. The summed E-state index contributed by atoms with van der Waals surface area (Å²) >= 11 is 1.95. The quantitative estimate of drug-likeness (QED) is 0.791. The second-order valence-corrected chi connectivity index (χ2v) is 5.73. The van der Waals surface area contributed by atoms with E-state index in [2.05, 4.69) is 59.0 Å². The number of rotatable bonds is 1.